The Morgan fingerprint density at radius 2 is 1.83 bits per heavy atom. The van der Waals surface area contributed by atoms with Crippen molar-refractivity contribution in [2.45, 2.75) is 38.0 Å². The van der Waals surface area contributed by atoms with Gasteiger partial charge in [0, 0.05) is 0 Å². The first-order chi connectivity index (χ1) is 8.81. The van der Waals surface area contributed by atoms with E-state index in [-0.39, 0.29) is 19.2 Å². The quantitative estimate of drug-likeness (QED) is 0.833. The Morgan fingerprint density at radius 1 is 1.17 bits per heavy atom. The fourth-order valence-corrected chi connectivity index (χ4v) is 2.55. The van der Waals surface area contributed by atoms with Crippen LogP contribution in [0.15, 0.2) is 24.3 Å². The molecule has 18 heavy (non-hydrogen) atoms. The van der Waals surface area contributed by atoms with Crippen molar-refractivity contribution < 1.29 is 14.6 Å². The molecule has 0 heterocycles. The van der Waals surface area contributed by atoms with Crippen LogP contribution in [-0.4, -0.2) is 24.3 Å². The van der Waals surface area contributed by atoms with Gasteiger partial charge in [-0.2, -0.15) is 0 Å². The third kappa shape index (κ3) is 3.33. The Bertz CT molecular complexity index is 377. The first kappa shape index (κ1) is 13.1. The Balaban J connectivity index is 1.98. The van der Waals surface area contributed by atoms with E-state index in [0.717, 1.165) is 0 Å². The van der Waals surface area contributed by atoms with Crippen molar-refractivity contribution >= 4 is 5.97 Å². The minimum Gasteiger partial charge on any atom is -0.460 e. The highest BCUT2D eigenvalue weighted by molar-refractivity contribution is 5.89. The Kier molecular flexibility index (Phi) is 4.76. The first-order valence-corrected chi connectivity index (χ1v) is 6.69. The molecule has 0 unspecified atom stereocenters. The van der Waals surface area contributed by atoms with Crippen LogP contribution in [0.3, 0.4) is 0 Å². The predicted molar refractivity (Wildman–Crippen MR) is 69.6 cm³/mol. The molecule has 3 heteroatoms. The number of benzene rings is 1. The average Bonchev–Trinajstić information content (AvgIpc) is 2.46. The second-order valence-corrected chi connectivity index (χ2v) is 4.82. The van der Waals surface area contributed by atoms with Gasteiger partial charge in [-0.3, -0.25) is 0 Å². The number of hydrogen-bond donors (Lipinski definition) is 1. The topological polar surface area (TPSA) is 46.5 Å². The van der Waals surface area contributed by atoms with Crippen LogP contribution in [0.5, 0.6) is 0 Å². The van der Waals surface area contributed by atoms with Crippen LogP contribution >= 0.6 is 0 Å². The lowest BCUT2D eigenvalue weighted by Crippen LogP contribution is -2.09. The van der Waals surface area contributed by atoms with Crippen molar-refractivity contribution in [1.29, 1.82) is 0 Å². The minimum atomic E-state index is -0.362. The van der Waals surface area contributed by atoms with Crippen molar-refractivity contribution in [3.05, 3.63) is 35.4 Å². The second kappa shape index (κ2) is 6.55. The molecule has 0 saturated heterocycles. The summed E-state index contributed by atoms with van der Waals surface area (Å²) in [5.41, 5.74) is 1.89. The van der Waals surface area contributed by atoms with Crippen LogP contribution in [0, 0.1) is 0 Å². The molecule has 1 aromatic rings. The number of carbonyl (C=O) groups excluding carboxylic acids is 1. The molecule has 1 saturated carbocycles. The van der Waals surface area contributed by atoms with Crippen molar-refractivity contribution in [2.75, 3.05) is 13.2 Å². The van der Waals surface area contributed by atoms with E-state index in [0.29, 0.717) is 11.5 Å². The zero-order chi connectivity index (χ0) is 12.8. The molecule has 1 aliphatic carbocycles. The third-order valence-electron chi connectivity index (χ3n) is 3.55. The van der Waals surface area contributed by atoms with Crippen molar-refractivity contribution in [3.8, 4) is 0 Å². The fraction of sp³-hybridized carbons (Fsp3) is 0.533. The highest BCUT2D eigenvalue weighted by atomic mass is 16.5. The average molecular weight is 248 g/mol. The molecular weight excluding hydrogens is 228 g/mol. The van der Waals surface area contributed by atoms with Gasteiger partial charge >= 0.3 is 5.97 Å². The van der Waals surface area contributed by atoms with Gasteiger partial charge in [0.25, 0.3) is 0 Å². The van der Waals surface area contributed by atoms with Gasteiger partial charge in [-0.25, -0.2) is 4.79 Å². The van der Waals surface area contributed by atoms with E-state index in [1.54, 1.807) is 0 Å². The molecule has 2 rings (SSSR count). The summed E-state index contributed by atoms with van der Waals surface area (Å²) in [6.45, 7) is -0.0743. The summed E-state index contributed by atoms with van der Waals surface area (Å²) >= 11 is 0. The monoisotopic (exact) mass is 248 g/mol. The predicted octanol–water partition coefficient (Wildman–Crippen LogP) is 2.88. The van der Waals surface area contributed by atoms with E-state index in [1.807, 2.05) is 24.3 Å². The van der Waals surface area contributed by atoms with Gasteiger partial charge < -0.3 is 9.84 Å². The summed E-state index contributed by atoms with van der Waals surface area (Å²) in [5, 5.41) is 8.60. The molecule has 98 valence electrons. The van der Waals surface area contributed by atoms with E-state index < -0.39 is 0 Å². The Hall–Kier alpha value is -1.35. The number of aliphatic hydroxyl groups is 1. The number of esters is 1. The van der Waals surface area contributed by atoms with Crippen LogP contribution in [0.2, 0.25) is 0 Å². The van der Waals surface area contributed by atoms with Gasteiger partial charge in [0.2, 0.25) is 0 Å². The third-order valence-corrected chi connectivity index (χ3v) is 3.55. The van der Waals surface area contributed by atoms with Crippen LogP contribution in [0.1, 0.15) is 53.9 Å². The molecule has 1 aliphatic rings. The second-order valence-electron chi connectivity index (χ2n) is 4.82. The fourth-order valence-electron chi connectivity index (χ4n) is 2.55. The summed E-state index contributed by atoms with van der Waals surface area (Å²) in [7, 11) is 0. The SMILES string of the molecule is O=C(OCCO)c1ccc(C2CCCCC2)cc1. The molecular formula is C15H20O3. The van der Waals surface area contributed by atoms with Crippen LogP contribution in [0.4, 0.5) is 0 Å². The van der Waals surface area contributed by atoms with Crippen molar-refractivity contribution in [2.24, 2.45) is 0 Å². The smallest absolute Gasteiger partial charge is 0.338 e. The molecule has 1 N–H and O–H groups in total. The number of carbonyl (C=O) groups is 1. The zero-order valence-electron chi connectivity index (χ0n) is 10.6. The summed E-state index contributed by atoms with van der Waals surface area (Å²) in [5.74, 6) is 0.292. The summed E-state index contributed by atoms with van der Waals surface area (Å²) in [6.07, 6.45) is 6.49. The molecule has 0 spiro atoms. The molecule has 0 amide bonds. The first-order valence-electron chi connectivity index (χ1n) is 6.69. The molecule has 0 atom stereocenters. The molecule has 1 aromatic carbocycles. The van der Waals surface area contributed by atoms with Crippen LogP contribution < -0.4 is 0 Å². The van der Waals surface area contributed by atoms with E-state index in [4.69, 9.17) is 9.84 Å². The molecule has 0 bridgehead atoms. The van der Waals surface area contributed by atoms with Gasteiger partial charge in [-0.05, 0) is 36.5 Å². The summed E-state index contributed by atoms with van der Waals surface area (Å²) in [4.78, 5) is 11.6. The van der Waals surface area contributed by atoms with Gasteiger partial charge in [0.05, 0.1) is 12.2 Å². The normalized spacial score (nSPS) is 16.5. The Labute approximate surface area is 108 Å². The molecule has 0 radical (unpaired) electrons. The van der Waals surface area contributed by atoms with E-state index in [1.165, 1.54) is 37.7 Å². The van der Waals surface area contributed by atoms with Gasteiger partial charge in [-0.15, -0.1) is 0 Å². The standard InChI is InChI=1S/C15H20O3/c16-10-11-18-15(17)14-8-6-13(7-9-14)12-4-2-1-3-5-12/h6-9,12,16H,1-5,10-11H2. The van der Waals surface area contributed by atoms with E-state index in [9.17, 15) is 4.79 Å². The van der Waals surface area contributed by atoms with E-state index >= 15 is 0 Å². The number of rotatable bonds is 4. The molecule has 0 aliphatic heterocycles. The van der Waals surface area contributed by atoms with Gasteiger partial charge in [0.15, 0.2) is 0 Å². The van der Waals surface area contributed by atoms with Crippen LogP contribution in [0.25, 0.3) is 0 Å². The number of ether oxygens (including phenoxy) is 1. The maximum atomic E-state index is 11.6. The summed E-state index contributed by atoms with van der Waals surface area (Å²) in [6, 6.07) is 7.71. The molecule has 3 nitrogen and oxygen atoms in total. The molecule has 1 fully saturated rings. The lowest BCUT2D eigenvalue weighted by molar-refractivity contribution is 0.0433. The highest BCUT2D eigenvalue weighted by Gasteiger charge is 2.16. The maximum absolute atomic E-state index is 11.6. The minimum absolute atomic E-state index is 0.0587. The van der Waals surface area contributed by atoms with Crippen LogP contribution in [-0.2, 0) is 4.74 Å². The lowest BCUT2D eigenvalue weighted by atomic mass is 9.84. The number of hydrogen-bond acceptors (Lipinski definition) is 3. The number of aliphatic hydroxyl groups excluding tert-OH is 1. The van der Waals surface area contributed by atoms with Gasteiger partial charge in [-0.1, -0.05) is 31.4 Å². The van der Waals surface area contributed by atoms with Crippen molar-refractivity contribution in [3.63, 3.8) is 0 Å². The summed E-state index contributed by atoms with van der Waals surface area (Å²) < 4.78 is 4.87. The van der Waals surface area contributed by atoms with Gasteiger partial charge in [0.1, 0.15) is 6.61 Å². The highest BCUT2D eigenvalue weighted by Crippen LogP contribution is 2.32. The largest absolute Gasteiger partial charge is 0.460 e. The van der Waals surface area contributed by atoms with Crippen molar-refractivity contribution in [1.82, 2.24) is 0 Å². The maximum Gasteiger partial charge on any atom is 0.338 e. The Morgan fingerprint density at radius 3 is 2.44 bits per heavy atom. The van der Waals surface area contributed by atoms with E-state index in [2.05, 4.69) is 0 Å². The zero-order valence-corrected chi connectivity index (χ0v) is 10.6. The molecule has 0 aromatic heterocycles. The lowest BCUT2D eigenvalue weighted by Gasteiger charge is -2.21.